The summed E-state index contributed by atoms with van der Waals surface area (Å²) in [5.74, 6) is 1.73. The third-order valence-electron chi connectivity index (χ3n) is 2.69. The largest absolute Gasteiger partial charge is 0.495 e. The molecule has 0 aliphatic heterocycles. The van der Waals surface area contributed by atoms with E-state index in [1.54, 1.807) is 7.11 Å². The van der Waals surface area contributed by atoms with Crippen molar-refractivity contribution in [1.82, 2.24) is 0 Å². The zero-order valence-corrected chi connectivity index (χ0v) is 10.9. The summed E-state index contributed by atoms with van der Waals surface area (Å²) in [5.41, 5.74) is 7.00. The lowest BCUT2D eigenvalue weighted by Crippen LogP contribution is -2.14. The molecule has 1 aromatic rings. The summed E-state index contributed by atoms with van der Waals surface area (Å²) in [6, 6.07) is 5.91. The van der Waals surface area contributed by atoms with Crippen molar-refractivity contribution in [1.29, 1.82) is 0 Å². The van der Waals surface area contributed by atoms with Crippen LogP contribution in [0, 0.1) is 5.92 Å². The summed E-state index contributed by atoms with van der Waals surface area (Å²) in [6.45, 7) is 5.06. The molecule has 3 heteroatoms. The summed E-state index contributed by atoms with van der Waals surface area (Å²) in [7, 11) is 1.62. The fraction of sp³-hybridized carbons (Fsp3) is 0.538. The summed E-state index contributed by atoms with van der Waals surface area (Å²) >= 11 is 6.10. The quantitative estimate of drug-likeness (QED) is 0.857. The SMILES string of the molecule is COc1ccc(C(CN)CC(C)C)cc1Cl. The number of ether oxygens (including phenoxy) is 1. The maximum absolute atomic E-state index is 6.10. The minimum Gasteiger partial charge on any atom is -0.495 e. The summed E-state index contributed by atoms with van der Waals surface area (Å²) in [4.78, 5) is 0. The molecule has 0 aromatic heterocycles. The van der Waals surface area contributed by atoms with E-state index < -0.39 is 0 Å². The first kappa shape index (κ1) is 13.3. The molecule has 0 spiro atoms. The van der Waals surface area contributed by atoms with E-state index in [1.165, 1.54) is 5.56 Å². The van der Waals surface area contributed by atoms with Gasteiger partial charge < -0.3 is 10.5 Å². The van der Waals surface area contributed by atoms with E-state index in [9.17, 15) is 0 Å². The van der Waals surface area contributed by atoms with Crippen LogP contribution < -0.4 is 10.5 Å². The number of hydrogen-bond donors (Lipinski definition) is 1. The van der Waals surface area contributed by atoms with Crippen molar-refractivity contribution in [3.05, 3.63) is 28.8 Å². The second kappa shape index (κ2) is 6.12. The molecule has 1 aromatic carbocycles. The fourth-order valence-electron chi connectivity index (χ4n) is 1.87. The molecule has 1 unspecified atom stereocenters. The van der Waals surface area contributed by atoms with E-state index in [0.29, 0.717) is 29.2 Å². The lowest BCUT2D eigenvalue weighted by Gasteiger charge is -2.18. The zero-order valence-electron chi connectivity index (χ0n) is 10.2. The molecule has 0 saturated carbocycles. The average molecular weight is 242 g/mol. The highest BCUT2D eigenvalue weighted by Crippen LogP contribution is 2.30. The molecule has 0 fully saturated rings. The van der Waals surface area contributed by atoms with Gasteiger partial charge in [-0.25, -0.2) is 0 Å². The molecule has 0 aliphatic carbocycles. The molecule has 16 heavy (non-hydrogen) atoms. The topological polar surface area (TPSA) is 35.2 Å². The van der Waals surface area contributed by atoms with Crippen molar-refractivity contribution in [2.75, 3.05) is 13.7 Å². The van der Waals surface area contributed by atoms with E-state index >= 15 is 0 Å². The van der Waals surface area contributed by atoms with Gasteiger partial charge in [-0.05, 0) is 42.5 Å². The lowest BCUT2D eigenvalue weighted by atomic mass is 9.90. The van der Waals surface area contributed by atoms with Crippen LogP contribution in [0.1, 0.15) is 31.7 Å². The first-order chi connectivity index (χ1) is 7.58. The molecule has 0 aliphatic rings. The monoisotopic (exact) mass is 241 g/mol. The summed E-state index contributed by atoms with van der Waals surface area (Å²) < 4.78 is 5.13. The van der Waals surface area contributed by atoms with Crippen molar-refractivity contribution in [2.45, 2.75) is 26.2 Å². The Morgan fingerprint density at radius 3 is 2.50 bits per heavy atom. The van der Waals surface area contributed by atoms with Crippen LogP contribution in [0.2, 0.25) is 5.02 Å². The first-order valence-electron chi connectivity index (χ1n) is 5.62. The Hall–Kier alpha value is -0.730. The number of methoxy groups -OCH3 is 1. The molecule has 0 heterocycles. The third-order valence-corrected chi connectivity index (χ3v) is 2.98. The Balaban J connectivity index is 2.89. The highest BCUT2D eigenvalue weighted by Gasteiger charge is 2.13. The van der Waals surface area contributed by atoms with Crippen molar-refractivity contribution in [3.8, 4) is 5.75 Å². The zero-order chi connectivity index (χ0) is 12.1. The molecular formula is C13H20ClNO. The fourth-order valence-corrected chi connectivity index (χ4v) is 2.14. The van der Waals surface area contributed by atoms with Gasteiger partial charge >= 0.3 is 0 Å². The van der Waals surface area contributed by atoms with Gasteiger partial charge in [-0.2, -0.15) is 0 Å². The van der Waals surface area contributed by atoms with Crippen molar-refractivity contribution in [3.63, 3.8) is 0 Å². The molecular weight excluding hydrogens is 222 g/mol. The minimum absolute atomic E-state index is 0.378. The third kappa shape index (κ3) is 3.39. The van der Waals surface area contributed by atoms with Gasteiger partial charge in [0.2, 0.25) is 0 Å². The predicted molar refractivity (Wildman–Crippen MR) is 69.3 cm³/mol. The molecule has 0 amide bonds. The molecule has 0 bridgehead atoms. The van der Waals surface area contributed by atoms with Gasteiger partial charge in [0.1, 0.15) is 5.75 Å². The van der Waals surface area contributed by atoms with Crippen LogP contribution in [0.3, 0.4) is 0 Å². The van der Waals surface area contributed by atoms with E-state index in [-0.39, 0.29) is 0 Å². The molecule has 2 N–H and O–H groups in total. The number of nitrogens with two attached hydrogens (primary N) is 1. The van der Waals surface area contributed by atoms with Gasteiger partial charge in [-0.1, -0.05) is 31.5 Å². The highest BCUT2D eigenvalue weighted by molar-refractivity contribution is 6.32. The Kier molecular flexibility index (Phi) is 5.10. The highest BCUT2D eigenvalue weighted by atomic mass is 35.5. The van der Waals surface area contributed by atoms with Gasteiger partial charge in [0.05, 0.1) is 12.1 Å². The Bertz CT molecular complexity index is 339. The van der Waals surface area contributed by atoms with Crippen LogP contribution >= 0.6 is 11.6 Å². The van der Waals surface area contributed by atoms with Crippen molar-refractivity contribution < 1.29 is 4.74 Å². The molecule has 0 radical (unpaired) electrons. The molecule has 90 valence electrons. The molecule has 0 saturated heterocycles. The van der Waals surface area contributed by atoms with Crippen LogP contribution in [0.5, 0.6) is 5.75 Å². The second-order valence-electron chi connectivity index (χ2n) is 4.46. The van der Waals surface area contributed by atoms with Crippen molar-refractivity contribution >= 4 is 11.6 Å². The van der Waals surface area contributed by atoms with E-state index in [0.717, 1.165) is 6.42 Å². The standard InChI is InChI=1S/C13H20ClNO/c1-9(2)6-11(8-15)10-4-5-13(16-3)12(14)7-10/h4-5,7,9,11H,6,8,15H2,1-3H3. The van der Waals surface area contributed by atoms with Crippen LogP contribution in [0.15, 0.2) is 18.2 Å². The van der Waals surface area contributed by atoms with Crippen LogP contribution in [0.4, 0.5) is 0 Å². The van der Waals surface area contributed by atoms with E-state index in [4.69, 9.17) is 22.1 Å². The lowest BCUT2D eigenvalue weighted by molar-refractivity contribution is 0.414. The Morgan fingerprint density at radius 1 is 1.38 bits per heavy atom. The Labute approximate surface area is 103 Å². The summed E-state index contributed by atoms with van der Waals surface area (Å²) in [6.07, 6.45) is 1.08. The number of benzene rings is 1. The Morgan fingerprint density at radius 2 is 2.06 bits per heavy atom. The van der Waals surface area contributed by atoms with E-state index in [1.807, 2.05) is 18.2 Å². The average Bonchev–Trinajstić information content (AvgIpc) is 2.25. The number of halogens is 1. The van der Waals surface area contributed by atoms with Gasteiger partial charge in [-0.3, -0.25) is 0 Å². The molecule has 1 rings (SSSR count). The van der Waals surface area contributed by atoms with Gasteiger partial charge in [-0.15, -0.1) is 0 Å². The van der Waals surface area contributed by atoms with E-state index in [2.05, 4.69) is 13.8 Å². The maximum Gasteiger partial charge on any atom is 0.137 e. The first-order valence-corrected chi connectivity index (χ1v) is 5.99. The maximum atomic E-state index is 6.10. The number of hydrogen-bond acceptors (Lipinski definition) is 2. The minimum atomic E-state index is 0.378. The summed E-state index contributed by atoms with van der Waals surface area (Å²) in [5, 5.41) is 0.655. The van der Waals surface area contributed by atoms with Gasteiger partial charge in [0.25, 0.3) is 0 Å². The van der Waals surface area contributed by atoms with Crippen LogP contribution in [-0.4, -0.2) is 13.7 Å². The van der Waals surface area contributed by atoms with Gasteiger partial charge in [0.15, 0.2) is 0 Å². The number of rotatable bonds is 5. The molecule has 2 nitrogen and oxygen atoms in total. The second-order valence-corrected chi connectivity index (χ2v) is 4.86. The van der Waals surface area contributed by atoms with Crippen molar-refractivity contribution in [2.24, 2.45) is 11.7 Å². The van der Waals surface area contributed by atoms with Gasteiger partial charge in [0, 0.05) is 0 Å². The van der Waals surface area contributed by atoms with Crippen LogP contribution in [0.25, 0.3) is 0 Å². The molecule has 1 atom stereocenters. The predicted octanol–water partition coefficient (Wildman–Crippen LogP) is 3.44. The van der Waals surface area contributed by atoms with Crippen LogP contribution in [-0.2, 0) is 0 Å². The normalized spacial score (nSPS) is 12.9. The smallest absolute Gasteiger partial charge is 0.137 e.